The number of nitrogens with zero attached hydrogens (tertiary/aromatic N) is 3. The minimum atomic E-state index is -0.225. The number of aryl methyl sites for hydroxylation is 2. The molecule has 6 nitrogen and oxygen atoms in total. The third-order valence-corrected chi connectivity index (χ3v) is 5.14. The topological polar surface area (TPSA) is 85.8 Å². The quantitative estimate of drug-likeness (QED) is 0.511. The number of hydrogen-bond donors (Lipinski definition) is 2. The molecule has 0 aliphatic heterocycles. The fourth-order valence-electron chi connectivity index (χ4n) is 2.91. The van der Waals surface area contributed by atoms with E-state index in [2.05, 4.69) is 10.4 Å². The van der Waals surface area contributed by atoms with Crippen molar-refractivity contribution >= 4 is 60.0 Å². The molecule has 0 atom stereocenters. The third-order valence-electron chi connectivity index (χ3n) is 3.99. The van der Waals surface area contributed by atoms with Crippen molar-refractivity contribution in [3.05, 3.63) is 46.0 Å². The van der Waals surface area contributed by atoms with Crippen molar-refractivity contribution in [1.82, 2.24) is 14.6 Å². The molecule has 0 saturated heterocycles. The number of nitrogens with one attached hydrogen (secondary N) is 1. The number of para-hydroxylation sites is 1. The van der Waals surface area contributed by atoms with Crippen LogP contribution in [-0.4, -0.2) is 19.8 Å². The Balaban J connectivity index is 2.18. The van der Waals surface area contributed by atoms with E-state index in [0.29, 0.717) is 16.0 Å². The number of benzene rings is 1. The van der Waals surface area contributed by atoms with Crippen LogP contribution >= 0.6 is 23.6 Å². The molecule has 24 heavy (non-hydrogen) atoms. The molecular formula is C16H13N5OS2. The van der Waals surface area contributed by atoms with Crippen LogP contribution in [0.4, 0.5) is 0 Å². The van der Waals surface area contributed by atoms with E-state index in [-0.39, 0.29) is 10.7 Å². The highest BCUT2D eigenvalue weighted by molar-refractivity contribution is 7.80. The summed E-state index contributed by atoms with van der Waals surface area (Å²) >= 11 is 6.17. The monoisotopic (exact) mass is 355 g/mol. The molecule has 0 fully saturated rings. The Morgan fingerprint density at radius 2 is 2.04 bits per heavy atom. The van der Waals surface area contributed by atoms with Gasteiger partial charge in [0.25, 0.3) is 5.56 Å². The molecule has 0 aliphatic rings. The van der Waals surface area contributed by atoms with Gasteiger partial charge >= 0.3 is 0 Å². The van der Waals surface area contributed by atoms with Gasteiger partial charge in [-0.25, -0.2) is 14.6 Å². The molecule has 8 heteroatoms. The van der Waals surface area contributed by atoms with Gasteiger partial charge in [-0.05, 0) is 37.7 Å². The molecule has 0 saturated carbocycles. The van der Waals surface area contributed by atoms with Gasteiger partial charge in [0.15, 0.2) is 5.11 Å². The average molecular weight is 355 g/mol. The number of nitrogens with two attached hydrogens (primary N) is 1. The van der Waals surface area contributed by atoms with Gasteiger partial charge in [0.1, 0.15) is 15.4 Å². The predicted octanol–water partition coefficient (Wildman–Crippen LogP) is 2.56. The van der Waals surface area contributed by atoms with Crippen molar-refractivity contribution in [1.29, 1.82) is 0 Å². The first-order chi connectivity index (χ1) is 11.5. The maximum absolute atomic E-state index is 12.8. The molecule has 4 rings (SSSR count). The fourth-order valence-corrected chi connectivity index (χ4v) is 4.12. The average Bonchev–Trinajstić information content (AvgIpc) is 2.90. The van der Waals surface area contributed by atoms with E-state index in [0.717, 1.165) is 26.7 Å². The highest BCUT2D eigenvalue weighted by Crippen LogP contribution is 2.35. The molecule has 3 aromatic heterocycles. The van der Waals surface area contributed by atoms with Crippen LogP contribution in [0.5, 0.6) is 0 Å². The Kier molecular flexibility index (Phi) is 3.26. The van der Waals surface area contributed by atoms with Gasteiger partial charge in [-0.15, -0.1) is 11.3 Å². The first kappa shape index (κ1) is 15.0. The van der Waals surface area contributed by atoms with Crippen LogP contribution in [0.25, 0.3) is 31.3 Å². The summed E-state index contributed by atoms with van der Waals surface area (Å²) in [7, 11) is 0. The third kappa shape index (κ3) is 2.07. The lowest BCUT2D eigenvalue weighted by Gasteiger charge is -2.10. The predicted molar refractivity (Wildman–Crippen MR) is 102 cm³/mol. The van der Waals surface area contributed by atoms with Crippen molar-refractivity contribution in [2.24, 2.45) is 5.73 Å². The van der Waals surface area contributed by atoms with E-state index in [9.17, 15) is 4.79 Å². The number of fused-ring (bicyclic) bond motifs is 4. The Labute approximate surface area is 145 Å². The van der Waals surface area contributed by atoms with Crippen molar-refractivity contribution in [3.63, 3.8) is 0 Å². The van der Waals surface area contributed by atoms with Gasteiger partial charge in [-0.3, -0.25) is 10.2 Å². The summed E-state index contributed by atoms with van der Waals surface area (Å²) < 4.78 is 1.81. The largest absolute Gasteiger partial charge is 0.375 e. The van der Waals surface area contributed by atoms with E-state index in [4.69, 9.17) is 22.9 Å². The first-order valence-electron chi connectivity index (χ1n) is 7.25. The molecule has 0 radical (unpaired) electrons. The lowest BCUT2D eigenvalue weighted by molar-refractivity contribution is 0.840. The lowest BCUT2D eigenvalue weighted by atomic mass is 10.1. The summed E-state index contributed by atoms with van der Waals surface area (Å²) in [6.45, 7) is 3.77. The molecule has 0 bridgehead atoms. The van der Waals surface area contributed by atoms with Crippen LogP contribution in [0, 0.1) is 13.8 Å². The van der Waals surface area contributed by atoms with Crippen LogP contribution in [0.3, 0.4) is 0 Å². The van der Waals surface area contributed by atoms with E-state index in [1.165, 1.54) is 16.0 Å². The van der Waals surface area contributed by atoms with E-state index < -0.39 is 0 Å². The first-order valence-corrected chi connectivity index (χ1v) is 8.47. The van der Waals surface area contributed by atoms with Gasteiger partial charge in [0.05, 0.1) is 11.0 Å². The Morgan fingerprint density at radius 3 is 2.79 bits per heavy atom. The standard InChI is InChI=1S/C16H13N5OS2/c1-7-9-5-3-4-6-10(9)19-14-11(7)12-13(24-14)15(22)21(8(2)18-12)20-16(17)23/h3-6H,1-2H3,(H3,17,20,23). The van der Waals surface area contributed by atoms with Gasteiger partial charge in [-0.1, -0.05) is 18.2 Å². The number of aromatic nitrogens is 3. The summed E-state index contributed by atoms with van der Waals surface area (Å²) in [5.74, 6) is 0.493. The Hall–Kier alpha value is -2.58. The minimum absolute atomic E-state index is 0.0162. The van der Waals surface area contributed by atoms with E-state index in [1.807, 2.05) is 31.2 Å². The van der Waals surface area contributed by atoms with E-state index in [1.54, 1.807) is 6.92 Å². The number of hydrogen-bond acceptors (Lipinski definition) is 5. The maximum atomic E-state index is 12.8. The summed E-state index contributed by atoms with van der Waals surface area (Å²) in [6, 6.07) is 7.94. The second kappa shape index (κ2) is 5.22. The normalized spacial score (nSPS) is 11.4. The molecule has 0 unspecified atom stereocenters. The van der Waals surface area contributed by atoms with E-state index >= 15 is 0 Å². The van der Waals surface area contributed by atoms with Crippen LogP contribution in [0.15, 0.2) is 29.1 Å². The number of rotatable bonds is 1. The summed E-state index contributed by atoms with van der Waals surface area (Å²) in [5.41, 5.74) is 10.6. The van der Waals surface area contributed by atoms with Gasteiger partial charge in [0, 0.05) is 10.8 Å². The Morgan fingerprint density at radius 1 is 1.29 bits per heavy atom. The second-order valence-electron chi connectivity index (χ2n) is 5.49. The lowest BCUT2D eigenvalue weighted by Crippen LogP contribution is -2.37. The molecule has 120 valence electrons. The maximum Gasteiger partial charge on any atom is 0.290 e. The van der Waals surface area contributed by atoms with Crippen molar-refractivity contribution in [2.45, 2.75) is 13.8 Å². The van der Waals surface area contributed by atoms with Crippen LogP contribution in [-0.2, 0) is 0 Å². The zero-order chi connectivity index (χ0) is 17.0. The summed E-state index contributed by atoms with van der Waals surface area (Å²) in [5, 5.41) is 2.01. The molecule has 3 heterocycles. The SMILES string of the molecule is Cc1c2ccccc2nc2sc3c(=O)n(NC(N)=S)c(C)nc3c12. The molecular weight excluding hydrogens is 342 g/mol. The number of thiophene rings is 1. The van der Waals surface area contributed by atoms with Gasteiger partial charge < -0.3 is 5.73 Å². The van der Waals surface area contributed by atoms with Crippen molar-refractivity contribution < 1.29 is 0 Å². The minimum Gasteiger partial charge on any atom is -0.375 e. The molecule has 0 amide bonds. The number of thiocarbonyl (C=S) groups is 1. The molecule has 1 aromatic carbocycles. The summed E-state index contributed by atoms with van der Waals surface area (Å²) in [6.07, 6.45) is 0. The second-order valence-corrected chi connectivity index (χ2v) is 6.93. The smallest absolute Gasteiger partial charge is 0.290 e. The molecule has 0 aliphatic carbocycles. The van der Waals surface area contributed by atoms with Crippen molar-refractivity contribution in [2.75, 3.05) is 5.43 Å². The molecule has 3 N–H and O–H groups in total. The Bertz CT molecular complexity index is 1210. The highest BCUT2D eigenvalue weighted by atomic mass is 32.1. The van der Waals surface area contributed by atoms with Gasteiger partial charge in [0.2, 0.25) is 0 Å². The highest BCUT2D eigenvalue weighted by Gasteiger charge is 2.18. The summed E-state index contributed by atoms with van der Waals surface area (Å²) in [4.78, 5) is 22.9. The molecule has 0 spiro atoms. The van der Waals surface area contributed by atoms with Crippen LogP contribution in [0.1, 0.15) is 11.4 Å². The fraction of sp³-hybridized carbons (Fsp3) is 0.125. The zero-order valence-electron chi connectivity index (χ0n) is 13.0. The van der Waals surface area contributed by atoms with Crippen LogP contribution in [0.2, 0.25) is 0 Å². The molecule has 4 aromatic rings. The van der Waals surface area contributed by atoms with Crippen LogP contribution < -0.4 is 16.7 Å². The van der Waals surface area contributed by atoms with Crippen molar-refractivity contribution in [3.8, 4) is 0 Å². The number of pyridine rings is 1. The zero-order valence-corrected chi connectivity index (χ0v) is 14.6. The van der Waals surface area contributed by atoms with Gasteiger partial charge in [-0.2, -0.15) is 0 Å².